The fourth-order valence-electron chi connectivity index (χ4n) is 1.40. The lowest BCUT2D eigenvalue weighted by Crippen LogP contribution is -2.16. The molecular weight excluding hydrogens is 246 g/mol. The van der Waals surface area contributed by atoms with Crippen LogP contribution in [0.2, 0.25) is 0 Å². The summed E-state index contributed by atoms with van der Waals surface area (Å²) in [6.45, 7) is 9.97. The molecule has 102 valence electrons. The molecule has 0 radical (unpaired) electrons. The van der Waals surface area contributed by atoms with E-state index in [1.54, 1.807) is 18.7 Å². The Labute approximate surface area is 114 Å². The van der Waals surface area contributed by atoms with Crippen molar-refractivity contribution in [1.82, 2.24) is 9.97 Å². The van der Waals surface area contributed by atoms with Gasteiger partial charge in [0.1, 0.15) is 16.7 Å². The van der Waals surface area contributed by atoms with Gasteiger partial charge in [0.05, 0.1) is 6.10 Å². The van der Waals surface area contributed by atoms with E-state index >= 15 is 0 Å². The number of nitrogens with one attached hydrogen (secondary N) is 1. The highest BCUT2D eigenvalue weighted by molar-refractivity contribution is 7.99. The Hall–Kier alpha value is -0.810. The molecule has 18 heavy (non-hydrogen) atoms. The molecule has 0 spiro atoms. The number of aromatic nitrogens is 2. The fourth-order valence-corrected chi connectivity index (χ4v) is 2.37. The molecule has 1 rings (SSSR count). The van der Waals surface area contributed by atoms with Crippen LogP contribution in [-0.2, 0) is 0 Å². The lowest BCUT2D eigenvalue weighted by atomic mass is 10.2. The van der Waals surface area contributed by atoms with Crippen molar-refractivity contribution in [1.29, 1.82) is 0 Å². The van der Waals surface area contributed by atoms with Crippen LogP contribution in [0.25, 0.3) is 0 Å². The minimum absolute atomic E-state index is 0.114. The van der Waals surface area contributed by atoms with Crippen molar-refractivity contribution in [3.63, 3.8) is 0 Å². The molecule has 1 aromatic heterocycles. The van der Waals surface area contributed by atoms with Gasteiger partial charge < -0.3 is 10.4 Å². The molecule has 5 heteroatoms. The first-order valence-corrected chi connectivity index (χ1v) is 7.15. The topological polar surface area (TPSA) is 58.0 Å². The second-order valence-electron chi connectivity index (χ2n) is 4.83. The molecule has 2 unspecified atom stereocenters. The molecule has 0 aliphatic carbocycles. The number of nitrogens with zero attached hydrogens (tertiary/aromatic N) is 2. The third kappa shape index (κ3) is 3.59. The Morgan fingerprint density at radius 3 is 2.22 bits per heavy atom. The Kier molecular flexibility index (Phi) is 5.41. The number of hydrogen-bond acceptors (Lipinski definition) is 5. The van der Waals surface area contributed by atoms with Gasteiger partial charge in [0.2, 0.25) is 0 Å². The predicted molar refractivity (Wildman–Crippen MR) is 77.4 cm³/mol. The Balaban J connectivity index is 3.12. The summed E-state index contributed by atoms with van der Waals surface area (Å²) in [5.41, 5.74) is 1.04. The molecule has 2 atom stereocenters. The fraction of sp³-hybridized carbons (Fsp3) is 0.692. The Morgan fingerprint density at radius 2 is 1.78 bits per heavy atom. The van der Waals surface area contributed by atoms with E-state index in [2.05, 4.69) is 29.1 Å². The van der Waals surface area contributed by atoms with Gasteiger partial charge in [-0.1, -0.05) is 20.8 Å². The summed E-state index contributed by atoms with van der Waals surface area (Å²) in [7, 11) is 1.87. The van der Waals surface area contributed by atoms with E-state index in [1.165, 1.54) is 0 Å². The minimum Gasteiger partial charge on any atom is -0.392 e. The largest absolute Gasteiger partial charge is 0.392 e. The maximum atomic E-state index is 9.60. The average Bonchev–Trinajstić information content (AvgIpc) is 2.31. The normalized spacial score (nSPS) is 14.7. The van der Waals surface area contributed by atoms with Gasteiger partial charge in [-0.05, 0) is 13.8 Å². The monoisotopic (exact) mass is 269 g/mol. The quantitative estimate of drug-likeness (QED) is 0.636. The van der Waals surface area contributed by atoms with Crippen molar-refractivity contribution in [2.45, 2.75) is 56.9 Å². The second-order valence-corrected chi connectivity index (χ2v) is 6.19. The number of anilines is 1. The molecule has 0 bridgehead atoms. The van der Waals surface area contributed by atoms with Gasteiger partial charge in [-0.3, -0.25) is 0 Å². The van der Waals surface area contributed by atoms with E-state index in [1.807, 2.05) is 20.9 Å². The van der Waals surface area contributed by atoms with Crippen LogP contribution < -0.4 is 5.32 Å². The molecule has 0 aliphatic heterocycles. The van der Waals surface area contributed by atoms with Crippen molar-refractivity contribution >= 4 is 17.6 Å². The molecule has 0 aliphatic rings. The third-order valence-electron chi connectivity index (χ3n) is 2.85. The zero-order valence-electron chi connectivity index (χ0n) is 12.0. The van der Waals surface area contributed by atoms with Gasteiger partial charge in [0, 0.05) is 23.8 Å². The summed E-state index contributed by atoms with van der Waals surface area (Å²) in [6, 6.07) is 0. The van der Waals surface area contributed by atoms with Gasteiger partial charge >= 0.3 is 0 Å². The highest BCUT2D eigenvalue weighted by atomic mass is 32.2. The average molecular weight is 269 g/mol. The van der Waals surface area contributed by atoms with Gasteiger partial charge in [-0.2, -0.15) is 0 Å². The van der Waals surface area contributed by atoms with Crippen LogP contribution in [0.3, 0.4) is 0 Å². The minimum atomic E-state index is -0.357. The molecule has 0 aromatic carbocycles. The molecule has 0 amide bonds. The van der Waals surface area contributed by atoms with Crippen LogP contribution in [0, 0.1) is 6.92 Å². The van der Waals surface area contributed by atoms with Crippen molar-refractivity contribution in [3.05, 3.63) is 11.4 Å². The smallest absolute Gasteiger partial charge is 0.134 e. The molecule has 1 aromatic rings. The molecule has 0 saturated heterocycles. The van der Waals surface area contributed by atoms with Gasteiger partial charge in [-0.25, -0.2) is 9.97 Å². The zero-order chi connectivity index (χ0) is 13.9. The van der Waals surface area contributed by atoms with E-state index in [9.17, 15) is 5.11 Å². The second kappa shape index (κ2) is 6.38. The first-order chi connectivity index (χ1) is 8.36. The van der Waals surface area contributed by atoms with E-state index < -0.39 is 0 Å². The number of rotatable bonds is 5. The van der Waals surface area contributed by atoms with E-state index in [-0.39, 0.29) is 11.4 Å². The Morgan fingerprint density at radius 1 is 1.17 bits per heavy atom. The maximum absolute atomic E-state index is 9.60. The number of aliphatic hydroxyl groups excluding tert-OH is 1. The SMILES string of the molecule is CNc1nc(C(C)C)nc(SC(C)C(C)O)c1C. The third-order valence-corrected chi connectivity index (χ3v) is 4.23. The van der Waals surface area contributed by atoms with Crippen LogP contribution >= 0.6 is 11.8 Å². The Bertz CT molecular complexity index is 407. The molecule has 4 nitrogen and oxygen atoms in total. The summed E-state index contributed by atoms with van der Waals surface area (Å²) in [5, 5.41) is 13.8. The van der Waals surface area contributed by atoms with Crippen molar-refractivity contribution < 1.29 is 5.11 Å². The first-order valence-electron chi connectivity index (χ1n) is 6.27. The van der Waals surface area contributed by atoms with Crippen LogP contribution in [0.1, 0.15) is 45.0 Å². The van der Waals surface area contributed by atoms with Crippen LogP contribution in [-0.4, -0.2) is 33.5 Å². The zero-order valence-corrected chi connectivity index (χ0v) is 12.8. The molecule has 0 fully saturated rings. The lowest BCUT2D eigenvalue weighted by molar-refractivity contribution is 0.196. The molecule has 1 heterocycles. The van der Waals surface area contributed by atoms with Crippen LogP contribution in [0.4, 0.5) is 5.82 Å². The molecule has 0 saturated carbocycles. The van der Waals surface area contributed by atoms with Crippen molar-refractivity contribution in [3.8, 4) is 0 Å². The first kappa shape index (κ1) is 15.2. The van der Waals surface area contributed by atoms with Gasteiger partial charge in [-0.15, -0.1) is 11.8 Å². The summed E-state index contributed by atoms with van der Waals surface area (Å²) in [6.07, 6.45) is -0.357. The van der Waals surface area contributed by atoms with E-state index in [4.69, 9.17) is 0 Å². The number of aliphatic hydroxyl groups is 1. The highest BCUT2D eigenvalue weighted by Gasteiger charge is 2.17. The highest BCUT2D eigenvalue weighted by Crippen LogP contribution is 2.30. The predicted octanol–water partition coefficient (Wildman–Crippen LogP) is 2.81. The lowest BCUT2D eigenvalue weighted by Gasteiger charge is -2.17. The number of thioether (sulfide) groups is 1. The molecule has 2 N–H and O–H groups in total. The van der Waals surface area contributed by atoms with Crippen LogP contribution in [0.15, 0.2) is 5.03 Å². The van der Waals surface area contributed by atoms with Gasteiger partial charge in [0.25, 0.3) is 0 Å². The summed E-state index contributed by atoms with van der Waals surface area (Å²) in [5.74, 6) is 2.00. The van der Waals surface area contributed by atoms with Crippen LogP contribution in [0.5, 0.6) is 0 Å². The van der Waals surface area contributed by atoms with Gasteiger partial charge in [0.15, 0.2) is 0 Å². The summed E-state index contributed by atoms with van der Waals surface area (Å²) < 4.78 is 0. The standard InChI is InChI=1S/C13H23N3OS/c1-7(2)11-15-12(14-6)8(3)13(16-11)18-10(5)9(4)17/h7,9-10,17H,1-6H3,(H,14,15,16). The maximum Gasteiger partial charge on any atom is 0.134 e. The van der Waals surface area contributed by atoms with E-state index in [0.29, 0.717) is 5.92 Å². The summed E-state index contributed by atoms with van der Waals surface area (Å²) in [4.78, 5) is 9.11. The van der Waals surface area contributed by atoms with Crippen molar-refractivity contribution in [2.75, 3.05) is 12.4 Å². The number of hydrogen-bond donors (Lipinski definition) is 2. The summed E-state index contributed by atoms with van der Waals surface area (Å²) >= 11 is 1.60. The van der Waals surface area contributed by atoms with E-state index in [0.717, 1.165) is 22.2 Å². The van der Waals surface area contributed by atoms with Crippen molar-refractivity contribution in [2.24, 2.45) is 0 Å². The molecular formula is C13H23N3OS.